The zero-order valence-electron chi connectivity index (χ0n) is 12.7. The molecule has 1 aromatic heterocycles. The first-order valence-corrected chi connectivity index (χ1v) is 9.59. The molecule has 0 fully saturated rings. The quantitative estimate of drug-likeness (QED) is 0.695. The van der Waals surface area contributed by atoms with Crippen LogP contribution in [-0.2, 0) is 16.6 Å². The molecule has 5 heteroatoms. The van der Waals surface area contributed by atoms with E-state index in [0.29, 0.717) is 11.4 Å². The number of hydrogen-bond acceptors (Lipinski definition) is 3. The minimum atomic E-state index is -3.56. The van der Waals surface area contributed by atoms with Gasteiger partial charge in [0.1, 0.15) is 0 Å². The topological polar surface area (TPSA) is 37.4 Å². The van der Waals surface area contributed by atoms with Gasteiger partial charge in [0.2, 0.25) is 10.0 Å². The molecule has 0 bridgehead atoms. The van der Waals surface area contributed by atoms with Crippen LogP contribution < -0.4 is 0 Å². The van der Waals surface area contributed by atoms with Crippen LogP contribution in [0.1, 0.15) is 5.56 Å². The summed E-state index contributed by atoms with van der Waals surface area (Å²) in [5, 5.41) is 3.92. The molecule has 0 aliphatic carbocycles. The second-order valence-electron chi connectivity index (χ2n) is 5.25. The summed E-state index contributed by atoms with van der Waals surface area (Å²) in [5.74, 6) is 0. The lowest BCUT2D eigenvalue weighted by molar-refractivity contribution is 0.467. The van der Waals surface area contributed by atoms with E-state index in [1.807, 2.05) is 59.3 Å². The van der Waals surface area contributed by atoms with E-state index in [1.165, 1.54) is 4.31 Å². The molecule has 0 aliphatic heterocycles. The van der Waals surface area contributed by atoms with Gasteiger partial charge >= 0.3 is 0 Å². The molecule has 3 rings (SSSR count). The first kappa shape index (κ1) is 15.9. The molecule has 3 aromatic rings. The predicted octanol–water partition coefficient (Wildman–Crippen LogP) is 4.24. The summed E-state index contributed by atoms with van der Waals surface area (Å²) in [5.41, 5.74) is 2.62. The maximum atomic E-state index is 13.0. The Morgan fingerprint density at radius 3 is 2.35 bits per heavy atom. The largest absolute Gasteiger partial charge is 0.243 e. The number of benzene rings is 2. The third-order valence-electron chi connectivity index (χ3n) is 3.65. The van der Waals surface area contributed by atoms with E-state index in [0.717, 1.165) is 16.7 Å². The summed E-state index contributed by atoms with van der Waals surface area (Å²) in [7, 11) is -1.94. The Hall–Kier alpha value is -1.95. The lowest BCUT2D eigenvalue weighted by atomic mass is 10.1. The van der Waals surface area contributed by atoms with Crippen LogP contribution in [-0.4, -0.2) is 19.8 Å². The standard InChI is InChI=1S/C18H17NO2S2/c1-19(13-15-11-12-22-14-15)23(20,21)18-10-6-5-9-17(18)16-7-3-2-4-8-16/h2-12,14H,13H2,1H3. The molecule has 0 amide bonds. The number of thiophene rings is 1. The van der Waals surface area contributed by atoms with E-state index >= 15 is 0 Å². The zero-order chi connectivity index (χ0) is 16.3. The van der Waals surface area contributed by atoms with E-state index in [-0.39, 0.29) is 0 Å². The maximum Gasteiger partial charge on any atom is 0.243 e. The summed E-state index contributed by atoms with van der Waals surface area (Å²) in [6, 6.07) is 18.7. The number of hydrogen-bond donors (Lipinski definition) is 0. The molecule has 0 aliphatic rings. The van der Waals surface area contributed by atoms with Crippen LogP contribution in [0.15, 0.2) is 76.3 Å². The maximum absolute atomic E-state index is 13.0. The van der Waals surface area contributed by atoms with Crippen molar-refractivity contribution < 1.29 is 8.42 Å². The molecular weight excluding hydrogens is 326 g/mol. The van der Waals surface area contributed by atoms with E-state index in [2.05, 4.69) is 0 Å². The van der Waals surface area contributed by atoms with Crippen LogP contribution in [0.2, 0.25) is 0 Å². The van der Waals surface area contributed by atoms with Crippen molar-refractivity contribution >= 4 is 21.4 Å². The smallest absolute Gasteiger partial charge is 0.207 e. The molecule has 1 heterocycles. The molecule has 0 saturated heterocycles. The van der Waals surface area contributed by atoms with E-state index < -0.39 is 10.0 Å². The highest BCUT2D eigenvalue weighted by Crippen LogP contribution is 2.29. The SMILES string of the molecule is CN(Cc1ccsc1)S(=O)(=O)c1ccccc1-c1ccccc1. The first-order valence-electron chi connectivity index (χ1n) is 7.21. The van der Waals surface area contributed by atoms with Crippen molar-refractivity contribution in [1.82, 2.24) is 4.31 Å². The summed E-state index contributed by atoms with van der Waals surface area (Å²) in [6.07, 6.45) is 0. The fraction of sp³-hybridized carbons (Fsp3) is 0.111. The molecule has 3 nitrogen and oxygen atoms in total. The molecule has 0 N–H and O–H groups in total. The van der Waals surface area contributed by atoms with Crippen molar-refractivity contribution in [2.75, 3.05) is 7.05 Å². The third kappa shape index (κ3) is 3.37. The molecule has 0 spiro atoms. The molecule has 118 valence electrons. The number of nitrogens with zero attached hydrogens (tertiary/aromatic N) is 1. The second kappa shape index (κ2) is 6.66. The Morgan fingerprint density at radius 2 is 1.65 bits per heavy atom. The fourth-order valence-corrected chi connectivity index (χ4v) is 4.47. The highest BCUT2D eigenvalue weighted by Gasteiger charge is 2.24. The van der Waals surface area contributed by atoms with Crippen LogP contribution in [0.4, 0.5) is 0 Å². The number of rotatable bonds is 5. The van der Waals surface area contributed by atoms with Crippen molar-refractivity contribution in [2.24, 2.45) is 0 Å². The van der Waals surface area contributed by atoms with Gasteiger partial charge in [-0.05, 0) is 34.0 Å². The van der Waals surface area contributed by atoms with Crippen LogP contribution in [0.3, 0.4) is 0 Å². The van der Waals surface area contributed by atoms with Gasteiger partial charge in [-0.1, -0.05) is 48.5 Å². The van der Waals surface area contributed by atoms with Gasteiger partial charge in [-0.2, -0.15) is 15.6 Å². The van der Waals surface area contributed by atoms with Gasteiger partial charge in [0, 0.05) is 19.2 Å². The van der Waals surface area contributed by atoms with Crippen LogP contribution in [0.5, 0.6) is 0 Å². The molecule has 0 radical (unpaired) electrons. The van der Waals surface area contributed by atoms with E-state index in [1.54, 1.807) is 30.5 Å². The average molecular weight is 343 g/mol. The molecule has 0 saturated carbocycles. The van der Waals surface area contributed by atoms with Crippen molar-refractivity contribution in [3.05, 3.63) is 77.0 Å². The monoisotopic (exact) mass is 343 g/mol. The molecule has 2 aromatic carbocycles. The minimum absolute atomic E-state index is 0.337. The Balaban J connectivity index is 2.00. The van der Waals surface area contributed by atoms with Crippen LogP contribution in [0, 0.1) is 0 Å². The third-order valence-corrected chi connectivity index (χ3v) is 6.24. The van der Waals surface area contributed by atoms with Crippen molar-refractivity contribution in [2.45, 2.75) is 11.4 Å². The number of sulfonamides is 1. The molecular formula is C18H17NO2S2. The molecule has 0 atom stereocenters. The van der Waals surface area contributed by atoms with Gasteiger partial charge in [-0.3, -0.25) is 0 Å². The summed E-state index contributed by atoms with van der Waals surface area (Å²) >= 11 is 1.57. The van der Waals surface area contributed by atoms with Gasteiger partial charge in [0.25, 0.3) is 0 Å². The van der Waals surface area contributed by atoms with Gasteiger partial charge in [-0.15, -0.1) is 0 Å². The Kier molecular flexibility index (Phi) is 4.61. The molecule has 0 unspecified atom stereocenters. The highest BCUT2D eigenvalue weighted by atomic mass is 32.2. The Bertz CT molecular complexity index is 872. The van der Waals surface area contributed by atoms with Crippen molar-refractivity contribution in [1.29, 1.82) is 0 Å². The van der Waals surface area contributed by atoms with E-state index in [9.17, 15) is 8.42 Å². The Labute approximate surface area is 140 Å². The fourth-order valence-electron chi connectivity index (χ4n) is 2.44. The van der Waals surface area contributed by atoms with Crippen LogP contribution >= 0.6 is 11.3 Å². The van der Waals surface area contributed by atoms with E-state index in [4.69, 9.17) is 0 Å². The first-order chi connectivity index (χ1) is 11.1. The second-order valence-corrected chi connectivity index (χ2v) is 8.05. The summed E-state index contributed by atoms with van der Waals surface area (Å²) < 4.78 is 27.4. The van der Waals surface area contributed by atoms with Gasteiger partial charge in [0.05, 0.1) is 4.90 Å². The van der Waals surface area contributed by atoms with Gasteiger partial charge in [0.15, 0.2) is 0 Å². The lowest BCUT2D eigenvalue weighted by Gasteiger charge is -2.19. The zero-order valence-corrected chi connectivity index (χ0v) is 14.3. The van der Waals surface area contributed by atoms with Gasteiger partial charge in [-0.25, -0.2) is 8.42 Å². The van der Waals surface area contributed by atoms with Crippen molar-refractivity contribution in [3.8, 4) is 11.1 Å². The molecule has 23 heavy (non-hydrogen) atoms. The highest BCUT2D eigenvalue weighted by molar-refractivity contribution is 7.89. The summed E-state index contributed by atoms with van der Waals surface area (Å²) in [4.78, 5) is 0.337. The summed E-state index contributed by atoms with van der Waals surface area (Å²) in [6.45, 7) is 0.370. The average Bonchev–Trinajstić information content (AvgIpc) is 3.08. The van der Waals surface area contributed by atoms with Crippen molar-refractivity contribution in [3.63, 3.8) is 0 Å². The normalized spacial score (nSPS) is 11.7. The minimum Gasteiger partial charge on any atom is -0.207 e. The lowest BCUT2D eigenvalue weighted by Crippen LogP contribution is -2.26. The predicted molar refractivity (Wildman–Crippen MR) is 94.8 cm³/mol. The van der Waals surface area contributed by atoms with Gasteiger partial charge < -0.3 is 0 Å². The Morgan fingerprint density at radius 1 is 0.957 bits per heavy atom. The van der Waals surface area contributed by atoms with Crippen LogP contribution in [0.25, 0.3) is 11.1 Å².